The Morgan fingerprint density at radius 2 is 2.03 bits per heavy atom. The van der Waals surface area contributed by atoms with E-state index in [1.165, 1.54) is 12.1 Å². The summed E-state index contributed by atoms with van der Waals surface area (Å²) in [5.74, 6) is 0.879. The summed E-state index contributed by atoms with van der Waals surface area (Å²) in [6.07, 6.45) is 0. The van der Waals surface area contributed by atoms with E-state index in [0.29, 0.717) is 26.9 Å². The number of carbonyl (C=O) groups excluding carboxylic acids is 1. The maximum atomic E-state index is 12.4. The smallest absolute Gasteiger partial charge is 0.387 e. The maximum Gasteiger partial charge on any atom is 0.387 e. The molecule has 0 saturated heterocycles. The van der Waals surface area contributed by atoms with Crippen molar-refractivity contribution in [3.05, 3.63) is 71.7 Å². The second-order valence-corrected chi connectivity index (χ2v) is 7.38. The van der Waals surface area contributed by atoms with Crippen molar-refractivity contribution in [3.63, 3.8) is 0 Å². The number of anilines is 1. The molecule has 0 aliphatic heterocycles. The number of carbonyl (C=O) groups is 1. The van der Waals surface area contributed by atoms with Gasteiger partial charge in [-0.3, -0.25) is 10.1 Å². The Bertz CT molecular complexity index is 1190. The Morgan fingerprint density at radius 3 is 2.83 bits per heavy atom. The number of aryl methyl sites for hydroxylation is 1. The zero-order valence-corrected chi connectivity index (χ0v) is 16.5. The summed E-state index contributed by atoms with van der Waals surface area (Å²) in [5.41, 5.74) is 1.64. The van der Waals surface area contributed by atoms with E-state index >= 15 is 0 Å². The quantitative estimate of drug-likeness (QED) is 0.411. The monoisotopic (exact) mass is 430 g/mol. The van der Waals surface area contributed by atoms with Crippen LogP contribution in [0.25, 0.3) is 10.2 Å². The van der Waals surface area contributed by atoms with Crippen LogP contribution in [0.4, 0.5) is 13.9 Å². The molecule has 2 aromatic carbocycles. The Labute approximate surface area is 174 Å². The fourth-order valence-corrected chi connectivity index (χ4v) is 3.62. The van der Waals surface area contributed by atoms with Gasteiger partial charge in [-0.15, -0.1) is 0 Å². The van der Waals surface area contributed by atoms with E-state index in [1.807, 2.05) is 31.2 Å². The normalized spacial score (nSPS) is 11.1. The second-order valence-electron chi connectivity index (χ2n) is 6.35. The molecule has 1 N–H and O–H groups in total. The third kappa shape index (κ3) is 4.74. The van der Waals surface area contributed by atoms with Gasteiger partial charge in [-0.2, -0.15) is 8.78 Å². The molecular weight excluding hydrogens is 414 g/mol. The number of rotatable bonds is 7. The highest BCUT2D eigenvalue weighted by Crippen LogP contribution is 2.30. The molecule has 2 heterocycles. The van der Waals surface area contributed by atoms with Gasteiger partial charge in [-0.25, -0.2) is 4.98 Å². The van der Waals surface area contributed by atoms with E-state index in [2.05, 4.69) is 15.0 Å². The van der Waals surface area contributed by atoms with Gasteiger partial charge in [-0.1, -0.05) is 23.5 Å². The molecule has 0 unspecified atom stereocenters. The van der Waals surface area contributed by atoms with E-state index in [9.17, 15) is 13.6 Å². The molecule has 0 aliphatic carbocycles. The lowest BCUT2D eigenvalue weighted by molar-refractivity contribution is -0.0497. The zero-order valence-electron chi connectivity index (χ0n) is 15.7. The second kappa shape index (κ2) is 8.50. The van der Waals surface area contributed by atoms with Gasteiger partial charge in [0.2, 0.25) is 0 Å². The Hall–Kier alpha value is -3.46. The lowest BCUT2D eigenvalue weighted by Gasteiger charge is -2.04. The van der Waals surface area contributed by atoms with Crippen molar-refractivity contribution < 1.29 is 27.5 Å². The summed E-state index contributed by atoms with van der Waals surface area (Å²) >= 11 is 1.14. The van der Waals surface area contributed by atoms with E-state index in [-0.39, 0.29) is 18.1 Å². The molecule has 0 fully saturated rings. The van der Waals surface area contributed by atoms with Crippen LogP contribution in [0.2, 0.25) is 0 Å². The summed E-state index contributed by atoms with van der Waals surface area (Å²) in [5, 5.41) is 2.97. The topological polar surface area (TPSA) is 73.6 Å². The van der Waals surface area contributed by atoms with Crippen LogP contribution in [-0.4, -0.2) is 17.5 Å². The summed E-state index contributed by atoms with van der Waals surface area (Å²) < 4.78 is 40.9. The molecule has 9 heteroatoms. The Balaban J connectivity index is 1.40. The Morgan fingerprint density at radius 1 is 1.17 bits per heavy atom. The molecule has 0 bridgehead atoms. The first-order valence-electron chi connectivity index (χ1n) is 8.91. The Kier molecular flexibility index (Phi) is 5.62. The van der Waals surface area contributed by atoms with Crippen LogP contribution in [0, 0.1) is 6.92 Å². The predicted octanol–water partition coefficient (Wildman–Crippen LogP) is 5.63. The molecule has 0 spiro atoms. The molecule has 30 heavy (non-hydrogen) atoms. The standard InChI is InChI=1S/C21H16F2N2O4S/c1-12-3-2-4-13(9-12)27-11-15-6-8-17(28-15)19(26)25-21-24-16-7-5-14(29-20(22)23)10-18(16)30-21/h2-10,20H,11H2,1H3,(H,24,25,26). The van der Waals surface area contributed by atoms with E-state index in [0.717, 1.165) is 16.9 Å². The minimum atomic E-state index is -2.91. The highest BCUT2D eigenvalue weighted by molar-refractivity contribution is 7.22. The average Bonchev–Trinajstić information content (AvgIpc) is 3.32. The van der Waals surface area contributed by atoms with Crippen LogP contribution in [0.5, 0.6) is 11.5 Å². The van der Waals surface area contributed by atoms with Crippen molar-refractivity contribution in [2.75, 3.05) is 5.32 Å². The van der Waals surface area contributed by atoms with Crippen LogP contribution in [0.3, 0.4) is 0 Å². The van der Waals surface area contributed by atoms with Crippen LogP contribution in [0.15, 0.2) is 59.0 Å². The first kappa shape index (κ1) is 19.8. The van der Waals surface area contributed by atoms with Crippen LogP contribution in [0.1, 0.15) is 21.9 Å². The molecule has 1 amide bonds. The predicted molar refractivity (Wildman–Crippen MR) is 108 cm³/mol. The van der Waals surface area contributed by atoms with Crippen LogP contribution in [-0.2, 0) is 6.61 Å². The third-order valence-electron chi connectivity index (χ3n) is 4.06. The number of fused-ring (bicyclic) bond motifs is 1. The minimum absolute atomic E-state index is 0.0308. The summed E-state index contributed by atoms with van der Waals surface area (Å²) in [4.78, 5) is 16.7. The molecule has 154 valence electrons. The molecule has 2 aromatic heterocycles. The summed E-state index contributed by atoms with van der Waals surface area (Å²) in [7, 11) is 0. The van der Waals surface area contributed by atoms with Crippen LogP contribution < -0.4 is 14.8 Å². The molecule has 0 atom stereocenters. The number of ether oxygens (including phenoxy) is 2. The fraction of sp³-hybridized carbons (Fsp3) is 0.143. The number of halogens is 2. The number of aromatic nitrogens is 1. The highest BCUT2D eigenvalue weighted by Gasteiger charge is 2.15. The number of hydrogen-bond acceptors (Lipinski definition) is 6. The molecule has 4 rings (SSSR count). The molecule has 0 radical (unpaired) electrons. The fourth-order valence-electron chi connectivity index (χ4n) is 2.73. The van der Waals surface area contributed by atoms with Crippen molar-refractivity contribution in [2.24, 2.45) is 0 Å². The molecule has 0 aliphatic rings. The van der Waals surface area contributed by atoms with Gasteiger partial charge in [-0.05, 0) is 55.0 Å². The van der Waals surface area contributed by atoms with Crippen molar-refractivity contribution in [1.29, 1.82) is 0 Å². The number of hydrogen-bond donors (Lipinski definition) is 1. The average molecular weight is 430 g/mol. The van der Waals surface area contributed by atoms with E-state index in [1.54, 1.807) is 18.2 Å². The molecule has 0 saturated carbocycles. The van der Waals surface area contributed by atoms with Crippen molar-refractivity contribution in [3.8, 4) is 11.5 Å². The lowest BCUT2D eigenvalue weighted by Crippen LogP contribution is -2.10. The first-order chi connectivity index (χ1) is 14.5. The maximum absolute atomic E-state index is 12.4. The van der Waals surface area contributed by atoms with Crippen molar-refractivity contribution in [2.45, 2.75) is 20.1 Å². The van der Waals surface area contributed by atoms with Crippen molar-refractivity contribution in [1.82, 2.24) is 4.98 Å². The molecule has 6 nitrogen and oxygen atoms in total. The number of benzene rings is 2. The number of thiazole rings is 1. The number of amides is 1. The molecule has 4 aromatic rings. The number of nitrogens with one attached hydrogen (secondary N) is 1. The summed E-state index contributed by atoms with van der Waals surface area (Å²) in [6.45, 7) is -0.751. The zero-order chi connectivity index (χ0) is 21.1. The third-order valence-corrected chi connectivity index (χ3v) is 5.00. The van der Waals surface area contributed by atoms with Crippen LogP contribution >= 0.6 is 11.3 Å². The minimum Gasteiger partial charge on any atom is -0.486 e. The van der Waals surface area contributed by atoms with Gasteiger partial charge in [0.05, 0.1) is 10.2 Å². The first-order valence-corrected chi connectivity index (χ1v) is 9.73. The summed E-state index contributed by atoms with van der Waals surface area (Å²) in [6, 6.07) is 15.2. The number of furan rings is 1. The largest absolute Gasteiger partial charge is 0.486 e. The SMILES string of the molecule is Cc1cccc(OCc2ccc(C(=O)Nc3nc4ccc(OC(F)F)cc4s3)o2)c1. The number of alkyl halides is 2. The van der Waals surface area contributed by atoms with Gasteiger partial charge in [0.15, 0.2) is 10.9 Å². The van der Waals surface area contributed by atoms with Gasteiger partial charge in [0, 0.05) is 0 Å². The van der Waals surface area contributed by atoms with Gasteiger partial charge >= 0.3 is 6.61 Å². The van der Waals surface area contributed by atoms with Gasteiger partial charge < -0.3 is 13.9 Å². The van der Waals surface area contributed by atoms with Crippen molar-refractivity contribution >= 4 is 32.6 Å². The molecular formula is C21H16F2N2O4S. The van der Waals surface area contributed by atoms with E-state index < -0.39 is 12.5 Å². The highest BCUT2D eigenvalue weighted by atomic mass is 32.1. The number of nitrogens with zero attached hydrogens (tertiary/aromatic N) is 1. The lowest BCUT2D eigenvalue weighted by atomic mass is 10.2. The van der Waals surface area contributed by atoms with E-state index in [4.69, 9.17) is 9.15 Å². The van der Waals surface area contributed by atoms with Gasteiger partial charge in [0.25, 0.3) is 5.91 Å². The van der Waals surface area contributed by atoms with Gasteiger partial charge in [0.1, 0.15) is 23.9 Å².